The van der Waals surface area contributed by atoms with Gasteiger partial charge in [-0.3, -0.25) is 0 Å². The van der Waals surface area contributed by atoms with E-state index in [2.05, 4.69) is 5.10 Å². The second kappa shape index (κ2) is 3.72. The van der Waals surface area contributed by atoms with Gasteiger partial charge in [-0.15, -0.1) is 0 Å². The molecule has 3 heteroatoms. The minimum Gasteiger partial charge on any atom is -0.204 e. The minimum absolute atomic E-state index is 0.271. The Morgan fingerprint density at radius 2 is 2.12 bits per heavy atom. The fraction of sp³-hybridized carbons (Fsp3) is 0.800. The fourth-order valence-corrected chi connectivity index (χ4v) is 0.331. The van der Waals surface area contributed by atoms with Crippen molar-refractivity contribution >= 4 is 18.0 Å². The summed E-state index contributed by atoms with van der Waals surface area (Å²) in [6.45, 7) is 5.78. The van der Waals surface area contributed by atoms with E-state index in [1.165, 1.54) is 4.53 Å². The highest BCUT2D eigenvalue weighted by Crippen LogP contribution is 2.00. The number of nitrogens with zero attached hydrogens (tertiary/aromatic N) is 2. The molecular formula is C5H11ClN2. The molecule has 0 saturated heterocycles. The molecule has 0 unspecified atom stereocenters. The van der Waals surface area contributed by atoms with Gasteiger partial charge in [0.05, 0.1) is 6.04 Å². The van der Waals surface area contributed by atoms with E-state index in [-0.39, 0.29) is 6.04 Å². The molecule has 0 atom stereocenters. The Morgan fingerprint density at radius 1 is 1.62 bits per heavy atom. The van der Waals surface area contributed by atoms with Crippen molar-refractivity contribution in [2.45, 2.75) is 26.8 Å². The van der Waals surface area contributed by atoms with Crippen LogP contribution in [0.25, 0.3) is 0 Å². The van der Waals surface area contributed by atoms with Gasteiger partial charge in [0.1, 0.15) is 0 Å². The molecule has 0 N–H and O–H groups in total. The van der Waals surface area contributed by atoms with Crippen molar-refractivity contribution < 1.29 is 0 Å². The van der Waals surface area contributed by atoms with Crippen LogP contribution in [0.4, 0.5) is 0 Å². The van der Waals surface area contributed by atoms with Crippen molar-refractivity contribution in [3.8, 4) is 0 Å². The molecular weight excluding hydrogens is 124 g/mol. The van der Waals surface area contributed by atoms with Gasteiger partial charge in [0.2, 0.25) is 0 Å². The summed E-state index contributed by atoms with van der Waals surface area (Å²) in [5.41, 5.74) is 0. The van der Waals surface area contributed by atoms with Crippen LogP contribution >= 0.6 is 11.8 Å². The highest BCUT2D eigenvalue weighted by molar-refractivity contribution is 6.13. The first-order valence-corrected chi connectivity index (χ1v) is 2.96. The Morgan fingerprint density at radius 3 is 2.25 bits per heavy atom. The smallest absolute Gasteiger partial charge is 0.0591 e. The van der Waals surface area contributed by atoms with E-state index in [0.29, 0.717) is 0 Å². The van der Waals surface area contributed by atoms with Crippen LogP contribution in [0.2, 0.25) is 0 Å². The van der Waals surface area contributed by atoms with E-state index in [1.807, 2.05) is 20.8 Å². The zero-order chi connectivity index (χ0) is 6.57. The molecule has 0 aromatic rings. The summed E-state index contributed by atoms with van der Waals surface area (Å²) in [6.07, 6.45) is 1.66. The van der Waals surface area contributed by atoms with Gasteiger partial charge in [-0.05, 0) is 20.8 Å². The van der Waals surface area contributed by atoms with Crippen molar-refractivity contribution in [3.05, 3.63) is 0 Å². The molecule has 0 fully saturated rings. The second-order valence-electron chi connectivity index (χ2n) is 1.76. The van der Waals surface area contributed by atoms with Gasteiger partial charge >= 0.3 is 0 Å². The molecule has 0 spiro atoms. The third-order valence-electron chi connectivity index (χ3n) is 0.652. The summed E-state index contributed by atoms with van der Waals surface area (Å²) in [4.78, 5) is 0. The predicted molar refractivity (Wildman–Crippen MR) is 37.0 cm³/mol. The van der Waals surface area contributed by atoms with Crippen LogP contribution in [-0.4, -0.2) is 16.8 Å². The highest BCUT2D eigenvalue weighted by Gasteiger charge is 1.97. The maximum atomic E-state index is 5.55. The molecule has 0 aliphatic heterocycles. The molecule has 0 heterocycles. The van der Waals surface area contributed by atoms with Gasteiger partial charge in [0.15, 0.2) is 0 Å². The monoisotopic (exact) mass is 134 g/mol. The normalized spacial score (nSPS) is 11.1. The fourth-order valence-electron chi connectivity index (χ4n) is 0.244. The van der Waals surface area contributed by atoms with Gasteiger partial charge < -0.3 is 0 Å². The third-order valence-corrected chi connectivity index (χ3v) is 1.13. The Labute approximate surface area is 55.2 Å². The van der Waals surface area contributed by atoms with Gasteiger partial charge in [-0.2, -0.15) is 5.10 Å². The molecule has 8 heavy (non-hydrogen) atoms. The lowest BCUT2D eigenvalue weighted by Gasteiger charge is -2.11. The van der Waals surface area contributed by atoms with E-state index in [1.54, 1.807) is 6.21 Å². The quantitative estimate of drug-likeness (QED) is 0.320. The van der Waals surface area contributed by atoms with Crippen LogP contribution in [-0.2, 0) is 0 Å². The van der Waals surface area contributed by atoms with Crippen LogP contribution in [0.5, 0.6) is 0 Å². The largest absolute Gasteiger partial charge is 0.204 e. The van der Waals surface area contributed by atoms with Crippen LogP contribution in [0.1, 0.15) is 20.8 Å². The Kier molecular flexibility index (Phi) is 3.61. The van der Waals surface area contributed by atoms with E-state index in [9.17, 15) is 0 Å². The molecule has 0 radical (unpaired) electrons. The number of halogens is 1. The lowest BCUT2D eigenvalue weighted by Crippen LogP contribution is -2.13. The lowest BCUT2D eigenvalue weighted by molar-refractivity contribution is 0.404. The Hall–Kier alpha value is -0.240. The van der Waals surface area contributed by atoms with Crippen LogP contribution in [0, 0.1) is 0 Å². The van der Waals surface area contributed by atoms with Gasteiger partial charge in [-0.1, -0.05) is 0 Å². The molecule has 48 valence electrons. The maximum absolute atomic E-state index is 5.55. The molecule has 0 aliphatic rings. The van der Waals surface area contributed by atoms with Gasteiger partial charge in [0.25, 0.3) is 0 Å². The highest BCUT2D eigenvalue weighted by atomic mass is 35.5. The van der Waals surface area contributed by atoms with Crippen molar-refractivity contribution in [3.63, 3.8) is 0 Å². The predicted octanol–water partition coefficient (Wildman–Crippen LogP) is 1.86. The number of rotatable bonds is 2. The molecule has 0 aliphatic carbocycles. The Bertz CT molecular complexity index is 80.5. The summed E-state index contributed by atoms with van der Waals surface area (Å²) in [6, 6.07) is 0.271. The number of hydrogen-bond acceptors (Lipinski definition) is 2. The summed E-state index contributed by atoms with van der Waals surface area (Å²) in [5, 5.41) is 3.80. The van der Waals surface area contributed by atoms with Gasteiger partial charge in [0, 0.05) is 18.0 Å². The SMILES string of the molecule is C/C=N\N(Cl)C(C)C. The second-order valence-corrected chi connectivity index (χ2v) is 2.10. The third kappa shape index (κ3) is 2.86. The number of hydrazone groups is 1. The van der Waals surface area contributed by atoms with Crippen LogP contribution < -0.4 is 0 Å². The standard InChI is InChI=1S/C5H11ClN2/c1-4-7-8(6)5(2)3/h4-5H,1-3H3/b7-4-. The first kappa shape index (κ1) is 7.76. The molecule has 0 bridgehead atoms. The van der Waals surface area contributed by atoms with E-state index < -0.39 is 0 Å². The van der Waals surface area contributed by atoms with Crippen LogP contribution in [0.3, 0.4) is 0 Å². The van der Waals surface area contributed by atoms with E-state index in [4.69, 9.17) is 11.8 Å². The molecule has 0 saturated carbocycles. The first-order chi connectivity index (χ1) is 3.68. The molecule has 0 amide bonds. The topological polar surface area (TPSA) is 15.6 Å². The van der Waals surface area contributed by atoms with Gasteiger partial charge in [-0.25, -0.2) is 4.53 Å². The molecule has 0 aromatic carbocycles. The zero-order valence-electron chi connectivity index (χ0n) is 5.43. The van der Waals surface area contributed by atoms with Crippen LogP contribution in [0.15, 0.2) is 5.10 Å². The van der Waals surface area contributed by atoms with Crippen molar-refractivity contribution in [2.75, 3.05) is 0 Å². The maximum Gasteiger partial charge on any atom is 0.0591 e. The van der Waals surface area contributed by atoms with Crippen molar-refractivity contribution in [1.29, 1.82) is 0 Å². The Balaban J connectivity index is 3.47. The average molecular weight is 135 g/mol. The molecule has 2 nitrogen and oxygen atoms in total. The number of hydrogen-bond donors (Lipinski definition) is 0. The zero-order valence-corrected chi connectivity index (χ0v) is 6.18. The summed E-state index contributed by atoms with van der Waals surface area (Å²) < 4.78 is 1.39. The van der Waals surface area contributed by atoms with Crippen molar-refractivity contribution in [1.82, 2.24) is 4.53 Å². The summed E-state index contributed by atoms with van der Waals surface area (Å²) in [5.74, 6) is 0. The van der Waals surface area contributed by atoms with Crippen molar-refractivity contribution in [2.24, 2.45) is 5.10 Å². The average Bonchev–Trinajstić information content (AvgIpc) is 1.67. The summed E-state index contributed by atoms with van der Waals surface area (Å²) >= 11 is 5.55. The first-order valence-electron chi connectivity index (χ1n) is 2.62. The molecule has 0 aromatic heterocycles. The molecule has 0 rings (SSSR count). The minimum atomic E-state index is 0.271. The van der Waals surface area contributed by atoms with E-state index in [0.717, 1.165) is 0 Å². The summed E-state index contributed by atoms with van der Waals surface area (Å²) in [7, 11) is 0. The lowest BCUT2D eigenvalue weighted by atomic mass is 10.4. The van der Waals surface area contributed by atoms with E-state index >= 15 is 0 Å².